The van der Waals surface area contributed by atoms with E-state index in [-0.39, 0.29) is 0 Å². The molecule has 0 atom stereocenters. The van der Waals surface area contributed by atoms with E-state index in [0.29, 0.717) is 30.4 Å². The van der Waals surface area contributed by atoms with Gasteiger partial charge in [0, 0.05) is 4.47 Å². The number of ether oxygens (including phenoxy) is 2. The van der Waals surface area contributed by atoms with Crippen LogP contribution < -0.4 is 9.47 Å². The first-order chi connectivity index (χ1) is 10.6. The van der Waals surface area contributed by atoms with Crippen molar-refractivity contribution >= 4 is 22.2 Å². The maximum absolute atomic E-state index is 11.0. The van der Waals surface area contributed by atoms with Gasteiger partial charge in [-0.05, 0) is 35.7 Å². The summed E-state index contributed by atoms with van der Waals surface area (Å²) in [4.78, 5) is 11.0. The number of benzene rings is 2. The molecule has 3 nitrogen and oxygen atoms in total. The molecule has 0 bridgehead atoms. The van der Waals surface area contributed by atoms with Gasteiger partial charge in [0.15, 0.2) is 6.29 Å². The van der Waals surface area contributed by atoms with Crippen LogP contribution in [0.5, 0.6) is 11.5 Å². The minimum atomic E-state index is 0.384. The highest BCUT2D eigenvalue weighted by molar-refractivity contribution is 9.10. The van der Waals surface area contributed by atoms with Crippen LogP contribution in [0.1, 0.15) is 35.7 Å². The standard InChI is InChI=1S/C18H19BrO3/c1-13(2)16-5-3-4-6-18(16)22-10-9-21-17-8-7-15(19)11-14(17)12-20/h3-8,11-13H,9-10H2,1-2H3. The normalized spacial score (nSPS) is 10.5. The van der Waals surface area contributed by atoms with E-state index in [1.807, 2.05) is 24.3 Å². The van der Waals surface area contributed by atoms with Crippen LogP contribution in [-0.4, -0.2) is 19.5 Å². The molecule has 116 valence electrons. The predicted octanol–water partition coefficient (Wildman–Crippen LogP) is 4.84. The first kappa shape index (κ1) is 16.6. The first-order valence-electron chi connectivity index (χ1n) is 7.21. The van der Waals surface area contributed by atoms with Crippen molar-refractivity contribution in [1.82, 2.24) is 0 Å². The van der Waals surface area contributed by atoms with Gasteiger partial charge in [0.05, 0.1) is 5.56 Å². The lowest BCUT2D eigenvalue weighted by molar-refractivity contribution is 0.111. The van der Waals surface area contributed by atoms with E-state index in [9.17, 15) is 4.79 Å². The molecule has 22 heavy (non-hydrogen) atoms. The van der Waals surface area contributed by atoms with Crippen molar-refractivity contribution < 1.29 is 14.3 Å². The summed E-state index contributed by atoms with van der Waals surface area (Å²) in [7, 11) is 0. The van der Waals surface area contributed by atoms with Crippen LogP contribution in [-0.2, 0) is 0 Å². The van der Waals surface area contributed by atoms with Gasteiger partial charge < -0.3 is 9.47 Å². The van der Waals surface area contributed by atoms with Crippen molar-refractivity contribution in [3.8, 4) is 11.5 Å². The van der Waals surface area contributed by atoms with Gasteiger partial charge in [-0.1, -0.05) is 48.0 Å². The summed E-state index contributed by atoms with van der Waals surface area (Å²) in [6.07, 6.45) is 0.787. The second-order valence-electron chi connectivity index (χ2n) is 5.19. The smallest absolute Gasteiger partial charge is 0.153 e. The zero-order valence-corrected chi connectivity index (χ0v) is 14.3. The Morgan fingerprint density at radius 1 is 1.05 bits per heavy atom. The molecule has 2 rings (SSSR count). The zero-order valence-electron chi connectivity index (χ0n) is 12.7. The molecule has 0 N–H and O–H groups in total. The maximum atomic E-state index is 11.0. The molecule has 0 saturated carbocycles. The molecule has 0 amide bonds. The summed E-state index contributed by atoms with van der Waals surface area (Å²) in [5.41, 5.74) is 1.71. The second kappa shape index (κ2) is 7.99. The number of hydrogen-bond donors (Lipinski definition) is 0. The monoisotopic (exact) mass is 362 g/mol. The molecule has 0 aromatic heterocycles. The van der Waals surface area contributed by atoms with Crippen molar-refractivity contribution in [1.29, 1.82) is 0 Å². The van der Waals surface area contributed by atoms with Crippen LogP contribution in [0.15, 0.2) is 46.9 Å². The molecule has 4 heteroatoms. The Hall–Kier alpha value is -1.81. The Morgan fingerprint density at radius 2 is 1.73 bits per heavy atom. The lowest BCUT2D eigenvalue weighted by Gasteiger charge is -2.14. The lowest BCUT2D eigenvalue weighted by atomic mass is 10.0. The van der Waals surface area contributed by atoms with E-state index in [1.54, 1.807) is 12.1 Å². The Labute approximate surface area is 139 Å². The largest absolute Gasteiger partial charge is 0.490 e. The van der Waals surface area contributed by atoms with Gasteiger partial charge in [0.25, 0.3) is 0 Å². The summed E-state index contributed by atoms with van der Waals surface area (Å²) < 4.78 is 12.3. The number of halogens is 1. The predicted molar refractivity (Wildman–Crippen MR) is 91.1 cm³/mol. The van der Waals surface area contributed by atoms with Crippen LogP contribution >= 0.6 is 15.9 Å². The van der Waals surface area contributed by atoms with Crippen molar-refractivity contribution in [3.63, 3.8) is 0 Å². The Morgan fingerprint density at radius 3 is 2.41 bits per heavy atom. The van der Waals surface area contributed by atoms with Gasteiger partial charge in [0.2, 0.25) is 0 Å². The highest BCUT2D eigenvalue weighted by Crippen LogP contribution is 2.26. The van der Waals surface area contributed by atoms with Gasteiger partial charge in [-0.3, -0.25) is 4.79 Å². The van der Waals surface area contributed by atoms with Crippen LogP contribution in [0.4, 0.5) is 0 Å². The molecule has 0 aliphatic heterocycles. The molecular formula is C18H19BrO3. The third-order valence-electron chi connectivity index (χ3n) is 3.24. The molecule has 2 aromatic rings. The fourth-order valence-electron chi connectivity index (χ4n) is 2.14. The first-order valence-corrected chi connectivity index (χ1v) is 8.00. The summed E-state index contributed by atoms with van der Waals surface area (Å²) in [5, 5.41) is 0. The van der Waals surface area contributed by atoms with Crippen molar-refractivity contribution in [2.24, 2.45) is 0 Å². The fourth-order valence-corrected chi connectivity index (χ4v) is 2.51. The lowest BCUT2D eigenvalue weighted by Crippen LogP contribution is -2.11. The third-order valence-corrected chi connectivity index (χ3v) is 3.73. The van der Waals surface area contributed by atoms with Crippen molar-refractivity contribution in [2.75, 3.05) is 13.2 Å². The molecule has 0 spiro atoms. The van der Waals surface area contributed by atoms with E-state index in [1.165, 1.54) is 5.56 Å². The van der Waals surface area contributed by atoms with Gasteiger partial charge in [-0.2, -0.15) is 0 Å². The van der Waals surface area contributed by atoms with Crippen LogP contribution in [0.25, 0.3) is 0 Å². The average Bonchev–Trinajstić information content (AvgIpc) is 2.52. The number of carbonyl (C=O) groups excluding carboxylic acids is 1. The number of carbonyl (C=O) groups is 1. The molecular weight excluding hydrogens is 344 g/mol. The SMILES string of the molecule is CC(C)c1ccccc1OCCOc1ccc(Br)cc1C=O. The average molecular weight is 363 g/mol. The molecule has 0 heterocycles. The minimum Gasteiger partial charge on any atom is -0.490 e. The summed E-state index contributed by atoms with van der Waals surface area (Å²) in [5.74, 6) is 1.86. The van der Waals surface area contributed by atoms with Crippen LogP contribution in [0.3, 0.4) is 0 Å². The summed E-state index contributed by atoms with van der Waals surface area (Å²) >= 11 is 3.33. The van der Waals surface area contributed by atoms with E-state index in [4.69, 9.17) is 9.47 Å². The highest BCUT2D eigenvalue weighted by Gasteiger charge is 2.07. The summed E-state index contributed by atoms with van der Waals surface area (Å²) in [6, 6.07) is 13.4. The minimum absolute atomic E-state index is 0.384. The van der Waals surface area contributed by atoms with Crippen LogP contribution in [0.2, 0.25) is 0 Å². The maximum Gasteiger partial charge on any atom is 0.153 e. The molecule has 2 aromatic carbocycles. The fraction of sp³-hybridized carbons (Fsp3) is 0.278. The topological polar surface area (TPSA) is 35.5 Å². The van der Waals surface area contributed by atoms with Gasteiger partial charge in [-0.15, -0.1) is 0 Å². The zero-order chi connectivity index (χ0) is 15.9. The van der Waals surface area contributed by atoms with Crippen molar-refractivity contribution in [3.05, 3.63) is 58.1 Å². The Kier molecular flexibility index (Phi) is 6.01. The van der Waals surface area contributed by atoms with E-state index >= 15 is 0 Å². The Bertz CT molecular complexity index is 638. The van der Waals surface area contributed by atoms with Crippen LogP contribution in [0, 0.1) is 0 Å². The molecule has 0 aliphatic carbocycles. The second-order valence-corrected chi connectivity index (χ2v) is 6.11. The van der Waals surface area contributed by atoms with E-state index in [0.717, 1.165) is 16.5 Å². The van der Waals surface area contributed by atoms with Gasteiger partial charge in [0.1, 0.15) is 24.7 Å². The quantitative estimate of drug-likeness (QED) is 0.522. The highest BCUT2D eigenvalue weighted by atomic mass is 79.9. The van der Waals surface area contributed by atoms with E-state index in [2.05, 4.69) is 35.8 Å². The summed E-state index contributed by atoms with van der Waals surface area (Å²) in [6.45, 7) is 5.08. The van der Waals surface area contributed by atoms with Gasteiger partial charge >= 0.3 is 0 Å². The number of aldehydes is 1. The van der Waals surface area contributed by atoms with E-state index < -0.39 is 0 Å². The van der Waals surface area contributed by atoms with Crippen molar-refractivity contribution in [2.45, 2.75) is 19.8 Å². The molecule has 0 radical (unpaired) electrons. The molecule has 0 aliphatic rings. The molecule has 0 unspecified atom stereocenters. The number of para-hydroxylation sites is 1. The number of rotatable bonds is 7. The van der Waals surface area contributed by atoms with Gasteiger partial charge in [-0.25, -0.2) is 0 Å². The third kappa shape index (κ3) is 4.34. The Balaban J connectivity index is 1.92. The molecule has 0 saturated heterocycles. The molecule has 0 fully saturated rings. The number of hydrogen-bond acceptors (Lipinski definition) is 3.